The predicted octanol–water partition coefficient (Wildman–Crippen LogP) is 0.928. The molecule has 0 aromatic heterocycles. The van der Waals surface area contributed by atoms with Crippen molar-refractivity contribution >= 4 is 17.7 Å². The Labute approximate surface area is 115 Å². The van der Waals surface area contributed by atoms with Gasteiger partial charge in [-0.3, -0.25) is 4.79 Å². The molecule has 1 rings (SSSR count). The van der Waals surface area contributed by atoms with E-state index < -0.39 is 0 Å². The number of amides is 1. The van der Waals surface area contributed by atoms with E-state index in [-0.39, 0.29) is 18.0 Å². The van der Waals surface area contributed by atoms with E-state index in [1.54, 1.807) is 0 Å². The van der Waals surface area contributed by atoms with Crippen LogP contribution in [0.3, 0.4) is 0 Å². The van der Waals surface area contributed by atoms with E-state index in [4.69, 9.17) is 0 Å². The first-order valence-electron chi connectivity index (χ1n) is 6.97. The molecule has 1 saturated heterocycles. The molecule has 1 amide bonds. The Balaban J connectivity index is 2.11. The topological polar surface area (TPSA) is 44.4 Å². The molecule has 5 heteroatoms. The first-order valence-corrected chi connectivity index (χ1v) is 8.12. The van der Waals surface area contributed by atoms with Crippen molar-refractivity contribution in [1.29, 1.82) is 0 Å². The van der Waals surface area contributed by atoms with Crippen molar-refractivity contribution in [3.05, 3.63) is 0 Å². The number of hydrogen-bond donors (Lipinski definition) is 2. The molecule has 0 radical (unpaired) electrons. The minimum absolute atomic E-state index is 0.0989. The second-order valence-corrected chi connectivity index (χ2v) is 6.17. The zero-order chi connectivity index (χ0) is 13.4. The lowest BCUT2D eigenvalue weighted by Gasteiger charge is -2.26. The molecule has 2 unspecified atom stereocenters. The molecule has 4 nitrogen and oxygen atoms in total. The Kier molecular flexibility index (Phi) is 7.70. The number of thioether (sulfide) groups is 1. The minimum atomic E-state index is -0.0989. The van der Waals surface area contributed by atoms with Crippen molar-refractivity contribution in [2.75, 3.05) is 37.7 Å². The van der Waals surface area contributed by atoms with Crippen LogP contribution in [0.1, 0.15) is 27.2 Å². The summed E-state index contributed by atoms with van der Waals surface area (Å²) in [4.78, 5) is 14.3. The van der Waals surface area contributed by atoms with E-state index in [1.807, 2.05) is 25.6 Å². The van der Waals surface area contributed by atoms with Gasteiger partial charge in [0.1, 0.15) is 0 Å². The van der Waals surface area contributed by atoms with E-state index in [1.165, 1.54) is 24.6 Å². The van der Waals surface area contributed by atoms with Crippen molar-refractivity contribution in [1.82, 2.24) is 15.5 Å². The summed E-state index contributed by atoms with van der Waals surface area (Å²) < 4.78 is 0. The molecule has 0 aromatic carbocycles. The van der Waals surface area contributed by atoms with Crippen LogP contribution in [0.2, 0.25) is 0 Å². The van der Waals surface area contributed by atoms with E-state index in [2.05, 4.69) is 22.5 Å². The largest absolute Gasteiger partial charge is 0.352 e. The summed E-state index contributed by atoms with van der Waals surface area (Å²) in [6, 6.07) is 0.166. The quantitative estimate of drug-likeness (QED) is 0.724. The van der Waals surface area contributed by atoms with Gasteiger partial charge in [0.25, 0.3) is 0 Å². The highest BCUT2D eigenvalue weighted by molar-refractivity contribution is 7.99. The fraction of sp³-hybridized carbons (Fsp3) is 0.923. The summed E-state index contributed by atoms with van der Waals surface area (Å²) in [6.45, 7) is 10.3. The number of hydrogen-bond acceptors (Lipinski definition) is 4. The molecule has 18 heavy (non-hydrogen) atoms. The van der Waals surface area contributed by atoms with Gasteiger partial charge in [0.2, 0.25) is 5.91 Å². The van der Waals surface area contributed by atoms with Crippen LogP contribution in [0.5, 0.6) is 0 Å². The molecule has 0 saturated carbocycles. The lowest BCUT2D eigenvalue weighted by molar-refractivity contribution is -0.123. The highest BCUT2D eigenvalue weighted by Gasteiger charge is 2.15. The third kappa shape index (κ3) is 6.07. The number of rotatable bonds is 7. The third-order valence-electron chi connectivity index (χ3n) is 3.38. The van der Waals surface area contributed by atoms with Crippen molar-refractivity contribution in [2.24, 2.45) is 0 Å². The summed E-state index contributed by atoms with van der Waals surface area (Å²) in [7, 11) is 0. The van der Waals surface area contributed by atoms with Crippen molar-refractivity contribution in [3.8, 4) is 0 Å². The van der Waals surface area contributed by atoms with Gasteiger partial charge in [0.15, 0.2) is 0 Å². The Hall–Kier alpha value is -0.260. The van der Waals surface area contributed by atoms with Crippen LogP contribution in [0.4, 0.5) is 0 Å². The molecule has 1 fully saturated rings. The summed E-state index contributed by atoms with van der Waals surface area (Å²) in [5, 5.41) is 6.30. The fourth-order valence-corrected chi connectivity index (χ4v) is 2.81. The lowest BCUT2D eigenvalue weighted by Crippen LogP contribution is -2.47. The number of nitrogens with zero attached hydrogens (tertiary/aromatic N) is 1. The molecule has 0 aromatic rings. The van der Waals surface area contributed by atoms with Gasteiger partial charge in [-0.25, -0.2) is 0 Å². The standard InChI is InChI=1S/C13H27N3OS/c1-4-11(2)15-13(17)12(3)14-5-6-16-7-9-18-10-8-16/h11-12,14H,4-10H2,1-3H3,(H,15,17). The van der Waals surface area contributed by atoms with Crippen LogP contribution in [0.25, 0.3) is 0 Å². The second-order valence-electron chi connectivity index (χ2n) is 4.95. The van der Waals surface area contributed by atoms with Crippen LogP contribution in [0, 0.1) is 0 Å². The maximum atomic E-state index is 11.8. The van der Waals surface area contributed by atoms with E-state index in [0.29, 0.717) is 0 Å². The van der Waals surface area contributed by atoms with Gasteiger partial charge in [-0.05, 0) is 20.3 Å². The Morgan fingerprint density at radius 2 is 2.00 bits per heavy atom. The van der Waals surface area contributed by atoms with Gasteiger partial charge >= 0.3 is 0 Å². The van der Waals surface area contributed by atoms with Gasteiger partial charge in [0.05, 0.1) is 6.04 Å². The van der Waals surface area contributed by atoms with Crippen LogP contribution < -0.4 is 10.6 Å². The van der Waals surface area contributed by atoms with Gasteiger partial charge in [-0.1, -0.05) is 6.92 Å². The average molecular weight is 273 g/mol. The Bertz CT molecular complexity index is 244. The van der Waals surface area contributed by atoms with Crippen molar-refractivity contribution < 1.29 is 4.79 Å². The summed E-state index contributed by atoms with van der Waals surface area (Å²) in [5.41, 5.74) is 0. The number of carbonyl (C=O) groups excluding carboxylic acids is 1. The third-order valence-corrected chi connectivity index (χ3v) is 4.32. The summed E-state index contributed by atoms with van der Waals surface area (Å²) >= 11 is 2.03. The van der Waals surface area contributed by atoms with Gasteiger partial charge in [-0.15, -0.1) is 0 Å². The SMILES string of the molecule is CCC(C)NC(=O)C(C)NCCN1CCSCC1. The minimum Gasteiger partial charge on any atom is -0.352 e. The fourth-order valence-electron chi connectivity index (χ4n) is 1.83. The molecule has 0 bridgehead atoms. The number of carbonyl (C=O) groups is 1. The summed E-state index contributed by atoms with van der Waals surface area (Å²) in [5.74, 6) is 2.59. The van der Waals surface area contributed by atoms with Gasteiger partial charge in [0, 0.05) is 43.7 Å². The predicted molar refractivity (Wildman–Crippen MR) is 79.1 cm³/mol. The average Bonchev–Trinajstić information content (AvgIpc) is 2.39. The van der Waals surface area contributed by atoms with Crippen LogP contribution >= 0.6 is 11.8 Å². The van der Waals surface area contributed by atoms with E-state index in [0.717, 1.165) is 19.5 Å². The molecule has 0 aliphatic carbocycles. The Morgan fingerprint density at radius 3 is 2.61 bits per heavy atom. The smallest absolute Gasteiger partial charge is 0.237 e. The van der Waals surface area contributed by atoms with Gasteiger partial charge < -0.3 is 15.5 Å². The first kappa shape index (κ1) is 15.8. The van der Waals surface area contributed by atoms with Crippen LogP contribution in [-0.4, -0.2) is 60.6 Å². The normalized spacial score (nSPS) is 20.4. The molecule has 2 N–H and O–H groups in total. The number of nitrogens with one attached hydrogen (secondary N) is 2. The highest BCUT2D eigenvalue weighted by atomic mass is 32.2. The lowest BCUT2D eigenvalue weighted by atomic mass is 10.2. The van der Waals surface area contributed by atoms with E-state index in [9.17, 15) is 4.79 Å². The van der Waals surface area contributed by atoms with Gasteiger partial charge in [-0.2, -0.15) is 11.8 Å². The molecule has 1 heterocycles. The summed E-state index contributed by atoms with van der Waals surface area (Å²) in [6.07, 6.45) is 0.976. The Morgan fingerprint density at radius 1 is 1.33 bits per heavy atom. The van der Waals surface area contributed by atoms with Crippen molar-refractivity contribution in [2.45, 2.75) is 39.3 Å². The second kappa shape index (κ2) is 8.77. The zero-order valence-corrected chi connectivity index (χ0v) is 12.7. The molecular formula is C13H27N3OS. The monoisotopic (exact) mass is 273 g/mol. The van der Waals surface area contributed by atoms with Crippen molar-refractivity contribution in [3.63, 3.8) is 0 Å². The maximum absolute atomic E-state index is 11.8. The van der Waals surface area contributed by atoms with Crippen LogP contribution in [-0.2, 0) is 4.79 Å². The van der Waals surface area contributed by atoms with Crippen LogP contribution in [0.15, 0.2) is 0 Å². The molecule has 0 spiro atoms. The first-order chi connectivity index (χ1) is 8.63. The molecule has 1 aliphatic rings. The van der Waals surface area contributed by atoms with E-state index >= 15 is 0 Å². The highest BCUT2D eigenvalue weighted by Crippen LogP contribution is 2.07. The molecule has 1 aliphatic heterocycles. The zero-order valence-electron chi connectivity index (χ0n) is 11.9. The molecular weight excluding hydrogens is 246 g/mol. The molecule has 2 atom stereocenters. The molecule has 106 valence electrons. The maximum Gasteiger partial charge on any atom is 0.237 e.